The lowest BCUT2D eigenvalue weighted by molar-refractivity contribution is -0.137. The molecule has 8 heteroatoms. The molecule has 2 N–H and O–H groups in total. The first-order valence-electron chi connectivity index (χ1n) is 6.97. The predicted octanol–water partition coefficient (Wildman–Crippen LogP) is 3.83. The van der Waals surface area contributed by atoms with E-state index in [1.165, 1.54) is 24.3 Å². The van der Waals surface area contributed by atoms with Crippen LogP contribution in [0.3, 0.4) is 0 Å². The molecule has 0 aliphatic heterocycles. The van der Waals surface area contributed by atoms with Crippen molar-refractivity contribution in [3.63, 3.8) is 0 Å². The van der Waals surface area contributed by atoms with Gasteiger partial charge in [-0.15, -0.1) is 11.3 Å². The van der Waals surface area contributed by atoms with E-state index in [1.54, 1.807) is 6.92 Å². The van der Waals surface area contributed by atoms with Crippen molar-refractivity contribution in [2.24, 2.45) is 0 Å². The largest absolute Gasteiger partial charge is 0.477 e. The van der Waals surface area contributed by atoms with Gasteiger partial charge in [-0.1, -0.05) is 12.1 Å². The molecule has 1 aromatic carbocycles. The van der Waals surface area contributed by atoms with E-state index < -0.39 is 23.6 Å². The summed E-state index contributed by atoms with van der Waals surface area (Å²) in [6.45, 7) is 1.72. The molecule has 2 aromatic rings. The van der Waals surface area contributed by atoms with Gasteiger partial charge >= 0.3 is 12.1 Å². The zero-order chi connectivity index (χ0) is 17.9. The molecule has 0 spiro atoms. The lowest BCUT2D eigenvalue weighted by Gasteiger charge is -2.14. The first-order chi connectivity index (χ1) is 11.2. The van der Waals surface area contributed by atoms with Crippen LogP contribution in [-0.4, -0.2) is 23.0 Å². The average Bonchev–Trinajstić information content (AvgIpc) is 2.96. The van der Waals surface area contributed by atoms with Crippen molar-refractivity contribution in [1.29, 1.82) is 0 Å². The number of carbonyl (C=O) groups is 2. The van der Waals surface area contributed by atoms with E-state index in [4.69, 9.17) is 5.11 Å². The lowest BCUT2D eigenvalue weighted by Crippen LogP contribution is -2.33. The molecule has 2 rings (SSSR count). The summed E-state index contributed by atoms with van der Waals surface area (Å²) < 4.78 is 37.5. The Bertz CT molecular complexity index is 738. The van der Waals surface area contributed by atoms with Gasteiger partial charge in [-0.05, 0) is 43.2 Å². The number of alkyl halides is 3. The molecule has 0 aliphatic rings. The second-order valence-electron chi connectivity index (χ2n) is 5.24. The zero-order valence-electron chi connectivity index (χ0n) is 12.6. The van der Waals surface area contributed by atoms with Crippen molar-refractivity contribution in [3.8, 4) is 0 Å². The number of benzene rings is 1. The first-order valence-corrected chi connectivity index (χ1v) is 7.78. The quantitative estimate of drug-likeness (QED) is 0.855. The number of carbonyl (C=O) groups excluding carboxylic acids is 1. The SMILES string of the molecule is CC(Cc1ccc(C(F)(F)F)cc1)NC(=O)c1ccc(C(=O)O)s1. The van der Waals surface area contributed by atoms with E-state index in [-0.39, 0.29) is 15.8 Å². The summed E-state index contributed by atoms with van der Waals surface area (Å²) in [5, 5.41) is 11.5. The van der Waals surface area contributed by atoms with Gasteiger partial charge in [-0.2, -0.15) is 13.2 Å². The van der Waals surface area contributed by atoms with E-state index >= 15 is 0 Å². The van der Waals surface area contributed by atoms with Crippen LogP contribution >= 0.6 is 11.3 Å². The first kappa shape index (κ1) is 18.0. The minimum absolute atomic E-state index is 0.0653. The van der Waals surface area contributed by atoms with Crippen LogP contribution in [0.25, 0.3) is 0 Å². The second kappa shape index (κ2) is 7.04. The van der Waals surface area contributed by atoms with Gasteiger partial charge in [0, 0.05) is 6.04 Å². The van der Waals surface area contributed by atoms with E-state index in [0.717, 1.165) is 23.5 Å². The van der Waals surface area contributed by atoms with Gasteiger partial charge in [0.05, 0.1) is 10.4 Å². The highest BCUT2D eigenvalue weighted by Crippen LogP contribution is 2.29. The zero-order valence-corrected chi connectivity index (χ0v) is 13.4. The fourth-order valence-corrected chi connectivity index (χ4v) is 2.85. The smallest absolute Gasteiger partial charge is 0.416 e. The number of nitrogens with one attached hydrogen (secondary N) is 1. The van der Waals surface area contributed by atoms with Crippen LogP contribution in [0.1, 0.15) is 37.4 Å². The number of aromatic carboxylic acids is 1. The van der Waals surface area contributed by atoms with Crippen molar-refractivity contribution in [3.05, 3.63) is 57.3 Å². The molecular formula is C16H14F3NO3S. The molecular weight excluding hydrogens is 343 g/mol. The number of hydrogen-bond donors (Lipinski definition) is 2. The summed E-state index contributed by atoms with van der Waals surface area (Å²) in [7, 11) is 0. The van der Waals surface area contributed by atoms with Crippen LogP contribution in [0.2, 0.25) is 0 Å². The van der Waals surface area contributed by atoms with E-state index in [1.807, 2.05) is 0 Å². The normalized spacial score (nSPS) is 12.7. The van der Waals surface area contributed by atoms with Gasteiger partial charge in [0.2, 0.25) is 0 Å². The predicted molar refractivity (Wildman–Crippen MR) is 83.4 cm³/mol. The van der Waals surface area contributed by atoms with Crippen LogP contribution in [-0.2, 0) is 12.6 Å². The number of rotatable bonds is 5. The Labute approximate surface area is 139 Å². The summed E-state index contributed by atoms with van der Waals surface area (Å²) in [6, 6.07) is 7.21. The highest BCUT2D eigenvalue weighted by molar-refractivity contribution is 7.15. The van der Waals surface area contributed by atoms with Crippen LogP contribution in [0.4, 0.5) is 13.2 Å². The van der Waals surface area contributed by atoms with Gasteiger partial charge in [0.15, 0.2) is 0 Å². The number of carboxylic acids is 1. The Morgan fingerprint density at radius 3 is 2.21 bits per heavy atom. The number of amides is 1. The molecule has 1 atom stereocenters. The summed E-state index contributed by atoms with van der Waals surface area (Å²) in [4.78, 5) is 23.2. The topological polar surface area (TPSA) is 66.4 Å². The number of halogens is 3. The summed E-state index contributed by atoms with van der Waals surface area (Å²) in [6.07, 6.45) is -4.01. The molecule has 0 radical (unpaired) electrons. The standard InChI is InChI=1S/C16H14F3NO3S/c1-9(8-10-2-4-11(5-3-10)16(17,18)19)20-14(21)12-6-7-13(24-12)15(22)23/h2-7,9H,8H2,1H3,(H,20,21)(H,22,23). The van der Waals surface area contributed by atoms with Crippen molar-refractivity contribution in [1.82, 2.24) is 5.32 Å². The molecule has 24 heavy (non-hydrogen) atoms. The third-order valence-electron chi connectivity index (χ3n) is 3.24. The van der Waals surface area contributed by atoms with E-state index in [0.29, 0.717) is 12.0 Å². The fourth-order valence-electron chi connectivity index (χ4n) is 2.10. The number of hydrogen-bond acceptors (Lipinski definition) is 3. The average molecular weight is 357 g/mol. The van der Waals surface area contributed by atoms with Crippen molar-refractivity contribution in [2.45, 2.75) is 25.6 Å². The maximum absolute atomic E-state index is 12.5. The summed E-state index contributed by atoms with van der Waals surface area (Å²) >= 11 is 0.865. The van der Waals surface area contributed by atoms with Crippen LogP contribution in [0, 0.1) is 0 Å². The van der Waals surface area contributed by atoms with Gasteiger partial charge in [-0.25, -0.2) is 4.79 Å². The van der Waals surface area contributed by atoms with Crippen LogP contribution in [0.5, 0.6) is 0 Å². The fraction of sp³-hybridized carbons (Fsp3) is 0.250. The molecule has 4 nitrogen and oxygen atoms in total. The second-order valence-corrected chi connectivity index (χ2v) is 6.33. The summed E-state index contributed by atoms with van der Waals surface area (Å²) in [5.41, 5.74) is -0.0593. The molecule has 1 aromatic heterocycles. The monoisotopic (exact) mass is 357 g/mol. The number of carboxylic acid groups (broad SMARTS) is 1. The highest BCUT2D eigenvalue weighted by Gasteiger charge is 2.29. The third kappa shape index (κ3) is 4.58. The van der Waals surface area contributed by atoms with Gasteiger partial charge in [0.1, 0.15) is 4.88 Å². The minimum Gasteiger partial charge on any atom is -0.477 e. The molecule has 128 valence electrons. The Morgan fingerprint density at radius 2 is 1.71 bits per heavy atom. The Balaban J connectivity index is 1.95. The highest BCUT2D eigenvalue weighted by atomic mass is 32.1. The van der Waals surface area contributed by atoms with Crippen molar-refractivity contribution in [2.75, 3.05) is 0 Å². The van der Waals surface area contributed by atoms with Crippen LogP contribution < -0.4 is 5.32 Å². The molecule has 1 amide bonds. The molecule has 0 bridgehead atoms. The van der Waals surface area contributed by atoms with Gasteiger partial charge < -0.3 is 10.4 Å². The van der Waals surface area contributed by atoms with Crippen molar-refractivity contribution >= 4 is 23.2 Å². The van der Waals surface area contributed by atoms with Crippen molar-refractivity contribution < 1.29 is 27.9 Å². The molecule has 1 heterocycles. The van der Waals surface area contributed by atoms with E-state index in [9.17, 15) is 22.8 Å². The van der Waals surface area contributed by atoms with Crippen LogP contribution in [0.15, 0.2) is 36.4 Å². The maximum Gasteiger partial charge on any atom is 0.416 e. The molecule has 0 saturated heterocycles. The molecule has 0 aliphatic carbocycles. The molecule has 0 fully saturated rings. The number of thiophene rings is 1. The minimum atomic E-state index is -4.38. The molecule has 0 saturated carbocycles. The Kier molecular flexibility index (Phi) is 5.28. The Hall–Kier alpha value is -2.35. The van der Waals surface area contributed by atoms with Gasteiger partial charge in [0.25, 0.3) is 5.91 Å². The third-order valence-corrected chi connectivity index (χ3v) is 4.31. The lowest BCUT2D eigenvalue weighted by atomic mass is 10.0. The Morgan fingerprint density at radius 1 is 1.12 bits per heavy atom. The maximum atomic E-state index is 12.5. The molecule has 1 unspecified atom stereocenters. The van der Waals surface area contributed by atoms with E-state index in [2.05, 4.69) is 5.32 Å². The van der Waals surface area contributed by atoms with Gasteiger partial charge in [-0.3, -0.25) is 4.79 Å². The summed E-state index contributed by atoms with van der Waals surface area (Å²) in [5.74, 6) is -1.51.